The van der Waals surface area contributed by atoms with E-state index in [-0.39, 0.29) is 11.9 Å². The lowest BCUT2D eigenvalue weighted by Crippen LogP contribution is -2.43. The minimum Gasteiger partial charge on any atom is -0.481 e. The third-order valence-electron chi connectivity index (χ3n) is 3.62. The van der Waals surface area contributed by atoms with Crippen molar-refractivity contribution in [3.8, 4) is 5.75 Å². The van der Waals surface area contributed by atoms with Crippen LogP contribution in [-0.2, 0) is 4.74 Å². The fraction of sp³-hybridized carbons (Fsp3) is 0.294. The maximum absolute atomic E-state index is 13.6. The zero-order chi connectivity index (χ0) is 16.2. The fourth-order valence-corrected chi connectivity index (χ4v) is 2.98. The molecule has 3 nitrogen and oxygen atoms in total. The van der Waals surface area contributed by atoms with Crippen molar-refractivity contribution in [2.45, 2.75) is 12.2 Å². The Kier molecular flexibility index (Phi) is 5.38. The number of morpholine rings is 1. The number of rotatable bonds is 4. The van der Waals surface area contributed by atoms with Gasteiger partial charge in [0.2, 0.25) is 0 Å². The number of ether oxygens (including phenoxy) is 2. The van der Waals surface area contributed by atoms with Gasteiger partial charge in [0.15, 0.2) is 6.10 Å². The zero-order valence-electron chi connectivity index (χ0n) is 12.3. The van der Waals surface area contributed by atoms with Gasteiger partial charge in [0.25, 0.3) is 0 Å². The van der Waals surface area contributed by atoms with Crippen LogP contribution >= 0.6 is 23.2 Å². The summed E-state index contributed by atoms with van der Waals surface area (Å²) in [5, 5.41) is 4.19. The Morgan fingerprint density at radius 2 is 2.09 bits per heavy atom. The number of benzene rings is 2. The van der Waals surface area contributed by atoms with Gasteiger partial charge in [-0.05, 0) is 35.9 Å². The van der Waals surface area contributed by atoms with Crippen LogP contribution in [0.3, 0.4) is 0 Å². The Morgan fingerprint density at radius 1 is 1.22 bits per heavy atom. The third kappa shape index (κ3) is 4.15. The Labute approximate surface area is 144 Å². The molecule has 1 fully saturated rings. The predicted molar refractivity (Wildman–Crippen MR) is 88.8 cm³/mol. The summed E-state index contributed by atoms with van der Waals surface area (Å²) in [5.74, 6) is 0.168. The molecule has 0 aliphatic carbocycles. The molecular weight excluding hydrogens is 340 g/mol. The molecule has 0 radical (unpaired) electrons. The average molecular weight is 356 g/mol. The van der Waals surface area contributed by atoms with Gasteiger partial charge in [-0.1, -0.05) is 35.3 Å². The molecule has 1 aliphatic heterocycles. The number of hydrogen-bond acceptors (Lipinski definition) is 3. The fourth-order valence-electron chi connectivity index (χ4n) is 2.53. The van der Waals surface area contributed by atoms with E-state index in [0.29, 0.717) is 34.5 Å². The average Bonchev–Trinajstić information content (AvgIpc) is 2.55. The molecule has 2 unspecified atom stereocenters. The van der Waals surface area contributed by atoms with E-state index in [1.165, 1.54) is 12.1 Å². The number of hydrogen-bond donors (Lipinski definition) is 1. The first-order valence-corrected chi connectivity index (χ1v) is 8.08. The lowest BCUT2D eigenvalue weighted by atomic mass is 10.0. The summed E-state index contributed by atoms with van der Waals surface area (Å²) in [5.41, 5.74) is 0.699. The third-order valence-corrected chi connectivity index (χ3v) is 4.15. The summed E-state index contributed by atoms with van der Waals surface area (Å²) in [7, 11) is 0. The van der Waals surface area contributed by atoms with E-state index in [0.717, 1.165) is 6.54 Å². The first kappa shape index (κ1) is 16.5. The summed E-state index contributed by atoms with van der Waals surface area (Å²) in [4.78, 5) is 0. The Hall–Kier alpha value is -1.33. The van der Waals surface area contributed by atoms with Crippen LogP contribution in [0.4, 0.5) is 4.39 Å². The van der Waals surface area contributed by atoms with Crippen LogP contribution in [0.15, 0.2) is 42.5 Å². The standard InChI is InChI=1S/C17H16Cl2FNO2/c18-12-4-5-15(14(19)9-12)23-17(16-10-21-6-7-22-16)11-2-1-3-13(20)8-11/h1-5,8-9,16-17,21H,6-7,10H2. The lowest BCUT2D eigenvalue weighted by molar-refractivity contribution is -0.0432. The van der Waals surface area contributed by atoms with Crippen molar-refractivity contribution in [1.82, 2.24) is 5.32 Å². The lowest BCUT2D eigenvalue weighted by Gasteiger charge is -2.32. The van der Waals surface area contributed by atoms with E-state index < -0.39 is 6.10 Å². The molecule has 23 heavy (non-hydrogen) atoms. The molecular formula is C17H16Cl2FNO2. The molecule has 1 N–H and O–H groups in total. The van der Waals surface area contributed by atoms with Crippen LogP contribution in [0.2, 0.25) is 10.0 Å². The first-order valence-electron chi connectivity index (χ1n) is 7.33. The molecule has 1 aliphatic rings. The van der Waals surface area contributed by atoms with Crippen molar-refractivity contribution in [1.29, 1.82) is 0 Å². The van der Waals surface area contributed by atoms with Crippen LogP contribution in [0.1, 0.15) is 11.7 Å². The summed E-state index contributed by atoms with van der Waals surface area (Å²) in [6.07, 6.45) is -0.713. The number of halogens is 3. The molecule has 0 spiro atoms. The second-order valence-corrected chi connectivity index (χ2v) is 6.13. The topological polar surface area (TPSA) is 30.5 Å². The van der Waals surface area contributed by atoms with Crippen LogP contribution in [0, 0.1) is 5.82 Å². The molecule has 3 rings (SSSR count). The van der Waals surface area contributed by atoms with Gasteiger partial charge in [0.05, 0.1) is 11.6 Å². The molecule has 2 aromatic carbocycles. The van der Waals surface area contributed by atoms with Gasteiger partial charge in [-0.3, -0.25) is 0 Å². The largest absolute Gasteiger partial charge is 0.481 e. The van der Waals surface area contributed by atoms with Crippen LogP contribution in [0.5, 0.6) is 5.75 Å². The highest BCUT2D eigenvalue weighted by atomic mass is 35.5. The minimum absolute atomic E-state index is 0.239. The van der Waals surface area contributed by atoms with Crippen molar-refractivity contribution in [3.05, 3.63) is 63.9 Å². The highest BCUT2D eigenvalue weighted by Gasteiger charge is 2.28. The van der Waals surface area contributed by atoms with Gasteiger partial charge in [-0.25, -0.2) is 4.39 Å². The maximum atomic E-state index is 13.6. The molecule has 0 bridgehead atoms. The van der Waals surface area contributed by atoms with Crippen molar-refractivity contribution >= 4 is 23.2 Å². The summed E-state index contributed by atoms with van der Waals surface area (Å²) >= 11 is 12.1. The molecule has 0 aromatic heterocycles. The highest BCUT2D eigenvalue weighted by Crippen LogP contribution is 2.33. The van der Waals surface area contributed by atoms with E-state index in [1.807, 2.05) is 6.07 Å². The van der Waals surface area contributed by atoms with Crippen LogP contribution < -0.4 is 10.1 Å². The van der Waals surface area contributed by atoms with E-state index in [4.69, 9.17) is 32.7 Å². The monoisotopic (exact) mass is 355 g/mol. The van der Waals surface area contributed by atoms with Crippen molar-refractivity contribution in [3.63, 3.8) is 0 Å². The number of nitrogens with one attached hydrogen (secondary N) is 1. The summed E-state index contributed by atoms with van der Waals surface area (Å²) in [6, 6.07) is 11.3. The van der Waals surface area contributed by atoms with Crippen LogP contribution in [-0.4, -0.2) is 25.8 Å². The Morgan fingerprint density at radius 3 is 2.78 bits per heavy atom. The summed E-state index contributed by atoms with van der Waals surface area (Å²) in [6.45, 7) is 1.98. The van der Waals surface area contributed by atoms with Crippen molar-refractivity contribution in [2.75, 3.05) is 19.7 Å². The minimum atomic E-state index is -0.475. The second kappa shape index (κ2) is 7.49. The summed E-state index contributed by atoms with van der Waals surface area (Å²) < 4.78 is 25.5. The highest BCUT2D eigenvalue weighted by molar-refractivity contribution is 6.35. The Bertz CT molecular complexity index is 677. The molecule has 2 atom stereocenters. The van der Waals surface area contributed by atoms with E-state index >= 15 is 0 Å². The van der Waals surface area contributed by atoms with E-state index in [1.54, 1.807) is 24.3 Å². The molecule has 1 heterocycles. The van der Waals surface area contributed by atoms with Gasteiger partial charge >= 0.3 is 0 Å². The van der Waals surface area contributed by atoms with Gasteiger partial charge < -0.3 is 14.8 Å². The van der Waals surface area contributed by atoms with Gasteiger partial charge in [0.1, 0.15) is 17.7 Å². The molecule has 6 heteroatoms. The van der Waals surface area contributed by atoms with Gasteiger partial charge in [-0.2, -0.15) is 0 Å². The van der Waals surface area contributed by atoms with Gasteiger partial charge in [-0.15, -0.1) is 0 Å². The van der Waals surface area contributed by atoms with E-state index in [2.05, 4.69) is 5.32 Å². The molecule has 2 aromatic rings. The molecule has 0 amide bonds. The SMILES string of the molecule is Fc1cccc(C(Oc2ccc(Cl)cc2Cl)C2CNCCO2)c1. The zero-order valence-corrected chi connectivity index (χ0v) is 13.8. The first-order chi connectivity index (χ1) is 11.1. The Balaban J connectivity index is 1.91. The van der Waals surface area contributed by atoms with Crippen molar-refractivity contribution in [2.24, 2.45) is 0 Å². The second-order valence-electron chi connectivity index (χ2n) is 5.28. The molecule has 122 valence electrons. The quantitative estimate of drug-likeness (QED) is 0.889. The maximum Gasteiger partial charge on any atom is 0.151 e. The van der Waals surface area contributed by atoms with Gasteiger partial charge in [0, 0.05) is 18.1 Å². The van der Waals surface area contributed by atoms with E-state index in [9.17, 15) is 4.39 Å². The van der Waals surface area contributed by atoms with Crippen LogP contribution in [0.25, 0.3) is 0 Å². The molecule has 0 saturated carbocycles. The predicted octanol–water partition coefficient (Wildman–Crippen LogP) is 4.24. The normalized spacial score (nSPS) is 19.3. The smallest absolute Gasteiger partial charge is 0.151 e. The molecule has 1 saturated heterocycles. The van der Waals surface area contributed by atoms with Crippen molar-refractivity contribution < 1.29 is 13.9 Å².